The molecule has 0 aliphatic heterocycles. The van der Waals surface area contributed by atoms with Crippen molar-refractivity contribution in [2.75, 3.05) is 0 Å². The predicted octanol–water partition coefficient (Wildman–Crippen LogP) is 2.50. The molecule has 0 aliphatic rings. The first-order chi connectivity index (χ1) is 13.2. The molecule has 4 aromatic rings. The van der Waals surface area contributed by atoms with Gasteiger partial charge in [0.15, 0.2) is 5.43 Å². The van der Waals surface area contributed by atoms with Crippen LogP contribution in [0.4, 0.5) is 0 Å². The molecule has 1 N–H and O–H groups in total. The van der Waals surface area contributed by atoms with Gasteiger partial charge < -0.3 is 14.5 Å². The number of pyridine rings is 1. The lowest BCUT2D eigenvalue weighted by molar-refractivity contribution is -0.121. The lowest BCUT2D eigenvalue weighted by atomic mass is 10.1. The van der Waals surface area contributed by atoms with Crippen LogP contribution in [0, 0.1) is 0 Å². The fourth-order valence-corrected chi connectivity index (χ4v) is 3.12. The standard InChI is InChI=1S/C21H18N4O2/c26-20-9-11-24(19-8-4-2-6-17(19)20)14-21(27)23-13-16-5-1-3-7-18(16)25-12-10-22-15-25/h1-12,15H,13-14H2,(H,23,27). The summed E-state index contributed by atoms with van der Waals surface area (Å²) in [5, 5.41) is 3.57. The molecule has 4 rings (SSSR count). The highest BCUT2D eigenvalue weighted by molar-refractivity contribution is 5.82. The smallest absolute Gasteiger partial charge is 0.240 e. The van der Waals surface area contributed by atoms with Crippen molar-refractivity contribution >= 4 is 16.8 Å². The monoisotopic (exact) mass is 358 g/mol. The summed E-state index contributed by atoms with van der Waals surface area (Å²) in [7, 11) is 0. The number of imidazole rings is 1. The van der Waals surface area contributed by atoms with Crippen molar-refractivity contribution in [3.8, 4) is 5.69 Å². The van der Waals surface area contributed by atoms with E-state index < -0.39 is 0 Å². The van der Waals surface area contributed by atoms with Crippen LogP contribution in [0.3, 0.4) is 0 Å². The average Bonchev–Trinajstić information content (AvgIpc) is 3.24. The maximum Gasteiger partial charge on any atom is 0.240 e. The van der Waals surface area contributed by atoms with E-state index in [0.717, 1.165) is 16.8 Å². The number of fused-ring (bicyclic) bond motifs is 1. The van der Waals surface area contributed by atoms with Gasteiger partial charge in [0.25, 0.3) is 0 Å². The molecule has 0 saturated carbocycles. The molecule has 2 aromatic heterocycles. The van der Waals surface area contributed by atoms with Gasteiger partial charge >= 0.3 is 0 Å². The van der Waals surface area contributed by atoms with Gasteiger partial charge in [0.05, 0.1) is 17.5 Å². The van der Waals surface area contributed by atoms with Gasteiger partial charge in [-0.05, 0) is 23.8 Å². The second kappa shape index (κ2) is 7.29. The first-order valence-corrected chi connectivity index (χ1v) is 8.63. The largest absolute Gasteiger partial charge is 0.350 e. The van der Waals surface area contributed by atoms with Crippen molar-refractivity contribution in [2.24, 2.45) is 0 Å². The summed E-state index contributed by atoms with van der Waals surface area (Å²) in [6.45, 7) is 0.555. The fraction of sp³-hybridized carbons (Fsp3) is 0.0952. The van der Waals surface area contributed by atoms with E-state index in [1.165, 1.54) is 6.07 Å². The Bertz CT molecular complexity index is 1150. The summed E-state index contributed by atoms with van der Waals surface area (Å²) in [6.07, 6.45) is 6.97. The zero-order chi connectivity index (χ0) is 18.6. The van der Waals surface area contributed by atoms with Crippen LogP contribution in [0.25, 0.3) is 16.6 Å². The summed E-state index contributed by atoms with van der Waals surface area (Å²) in [5.41, 5.74) is 2.67. The Labute approximate surface area is 155 Å². The van der Waals surface area contributed by atoms with Crippen LogP contribution in [0.15, 0.2) is 84.3 Å². The van der Waals surface area contributed by atoms with Crippen molar-refractivity contribution < 1.29 is 4.79 Å². The minimum atomic E-state index is -0.121. The first kappa shape index (κ1) is 16.8. The molecule has 0 unspecified atom stereocenters. The molecular formula is C21H18N4O2. The van der Waals surface area contributed by atoms with Crippen LogP contribution in [-0.2, 0) is 17.9 Å². The van der Waals surface area contributed by atoms with Crippen LogP contribution in [-0.4, -0.2) is 20.0 Å². The molecule has 2 aromatic carbocycles. The van der Waals surface area contributed by atoms with Crippen LogP contribution >= 0.6 is 0 Å². The highest BCUT2D eigenvalue weighted by Gasteiger charge is 2.09. The number of nitrogens with one attached hydrogen (secondary N) is 1. The molecule has 0 fully saturated rings. The number of para-hydroxylation sites is 2. The third-order valence-electron chi connectivity index (χ3n) is 4.45. The van der Waals surface area contributed by atoms with Crippen molar-refractivity contribution in [3.63, 3.8) is 0 Å². The second-order valence-corrected chi connectivity index (χ2v) is 6.20. The first-order valence-electron chi connectivity index (χ1n) is 8.63. The molecule has 0 aliphatic carbocycles. The number of aromatic nitrogens is 3. The Balaban J connectivity index is 1.51. The SMILES string of the molecule is O=C(Cn1ccc(=O)c2ccccc21)NCc1ccccc1-n1ccnc1. The average molecular weight is 358 g/mol. The highest BCUT2D eigenvalue weighted by Crippen LogP contribution is 2.14. The van der Waals surface area contributed by atoms with Gasteiger partial charge in [-0.3, -0.25) is 9.59 Å². The summed E-state index contributed by atoms with van der Waals surface area (Å²) < 4.78 is 3.70. The topological polar surface area (TPSA) is 68.9 Å². The van der Waals surface area contributed by atoms with Crippen molar-refractivity contribution in [2.45, 2.75) is 13.1 Å². The van der Waals surface area contributed by atoms with Gasteiger partial charge in [0, 0.05) is 36.6 Å². The van der Waals surface area contributed by atoms with Crippen LogP contribution in [0.1, 0.15) is 5.56 Å². The highest BCUT2D eigenvalue weighted by atomic mass is 16.2. The van der Waals surface area contributed by atoms with Gasteiger partial charge in [0.2, 0.25) is 5.91 Å². The van der Waals surface area contributed by atoms with Gasteiger partial charge in [0.1, 0.15) is 6.54 Å². The predicted molar refractivity (Wildman–Crippen MR) is 104 cm³/mol. The quantitative estimate of drug-likeness (QED) is 0.596. The molecule has 2 heterocycles. The number of benzene rings is 2. The lowest BCUT2D eigenvalue weighted by Crippen LogP contribution is -2.28. The summed E-state index contributed by atoms with van der Waals surface area (Å²) >= 11 is 0. The van der Waals surface area contributed by atoms with Crippen LogP contribution in [0.5, 0.6) is 0 Å². The van der Waals surface area contributed by atoms with E-state index >= 15 is 0 Å². The maximum absolute atomic E-state index is 12.5. The van der Waals surface area contributed by atoms with E-state index in [-0.39, 0.29) is 17.9 Å². The minimum Gasteiger partial charge on any atom is -0.350 e. The fourth-order valence-electron chi connectivity index (χ4n) is 3.12. The number of hydrogen-bond donors (Lipinski definition) is 1. The minimum absolute atomic E-state index is 0.0449. The van der Waals surface area contributed by atoms with E-state index in [1.807, 2.05) is 53.2 Å². The molecule has 27 heavy (non-hydrogen) atoms. The lowest BCUT2D eigenvalue weighted by Gasteiger charge is -2.13. The van der Waals surface area contributed by atoms with Crippen molar-refractivity contribution in [3.05, 3.63) is 95.3 Å². The Kier molecular flexibility index (Phi) is 4.53. The van der Waals surface area contributed by atoms with E-state index in [2.05, 4.69) is 10.3 Å². The molecule has 1 amide bonds. The summed E-state index contributed by atoms with van der Waals surface area (Å²) in [4.78, 5) is 28.5. The van der Waals surface area contributed by atoms with Gasteiger partial charge in [-0.1, -0.05) is 30.3 Å². The number of amides is 1. The number of hydrogen-bond acceptors (Lipinski definition) is 3. The third-order valence-corrected chi connectivity index (χ3v) is 4.45. The third kappa shape index (κ3) is 3.50. The van der Waals surface area contributed by atoms with E-state index in [0.29, 0.717) is 11.9 Å². The van der Waals surface area contributed by atoms with Gasteiger partial charge in [-0.25, -0.2) is 4.98 Å². The number of rotatable bonds is 5. The molecular weight excluding hydrogens is 340 g/mol. The molecule has 0 atom stereocenters. The molecule has 134 valence electrons. The molecule has 6 heteroatoms. The number of nitrogens with zero attached hydrogens (tertiary/aromatic N) is 3. The van der Waals surface area contributed by atoms with Gasteiger partial charge in [-0.2, -0.15) is 0 Å². The summed E-state index contributed by atoms with van der Waals surface area (Å²) in [6, 6.07) is 16.6. The van der Waals surface area contributed by atoms with Crippen LogP contribution < -0.4 is 10.7 Å². The van der Waals surface area contributed by atoms with Crippen molar-refractivity contribution in [1.29, 1.82) is 0 Å². The number of carbonyl (C=O) groups excluding carboxylic acids is 1. The normalized spacial score (nSPS) is 10.8. The zero-order valence-corrected chi connectivity index (χ0v) is 14.6. The maximum atomic E-state index is 12.5. The molecule has 0 spiro atoms. The van der Waals surface area contributed by atoms with E-state index in [1.54, 1.807) is 29.4 Å². The second-order valence-electron chi connectivity index (χ2n) is 6.20. The molecule has 6 nitrogen and oxygen atoms in total. The van der Waals surface area contributed by atoms with E-state index in [4.69, 9.17) is 0 Å². The number of carbonyl (C=O) groups is 1. The van der Waals surface area contributed by atoms with Crippen LogP contribution in [0.2, 0.25) is 0 Å². The Morgan fingerprint density at radius 1 is 1.00 bits per heavy atom. The Morgan fingerprint density at radius 2 is 1.81 bits per heavy atom. The van der Waals surface area contributed by atoms with Crippen molar-refractivity contribution in [1.82, 2.24) is 19.4 Å². The molecule has 0 saturated heterocycles. The molecule has 0 bridgehead atoms. The van der Waals surface area contributed by atoms with Gasteiger partial charge in [-0.15, -0.1) is 0 Å². The Morgan fingerprint density at radius 3 is 2.67 bits per heavy atom. The Hall–Kier alpha value is -3.67. The molecule has 0 radical (unpaired) electrons. The zero-order valence-electron chi connectivity index (χ0n) is 14.6. The van der Waals surface area contributed by atoms with E-state index in [9.17, 15) is 9.59 Å². The summed E-state index contributed by atoms with van der Waals surface area (Å²) in [5.74, 6) is -0.121.